The molecule has 0 aromatic heterocycles. The SMILES string of the molecule is COc1cc(OC)c(C([O])=O)c(OC)c1. The molecule has 1 rings (SSSR count). The number of ether oxygens (including phenoxy) is 3. The molecule has 5 nitrogen and oxygen atoms in total. The summed E-state index contributed by atoms with van der Waals surface area (Å²) in [4.78, 5) is 10.8. The number of benzene rings is 1. The normalized spacial score (nSPS) is 9.53. The lowest BCUT2D eigenvalue weighted by atomic mass is 10.1. The predicted molar refractivity (Wildman–Crippen MR) is 51.1 cm³/mol. The predicted octanol–water partition coefficient (Wildman–Crippen LogP) is 1.28. The number of hydrogen-bond acceptors (Lipinski definition) is 4. The molecule has 0 saturated heterocycles. The molecule has 5 heteroatoms. The minimum absolute atomic E-state index is 0.124. The second kappa shape index (κ2) is 4.54. The number of hydrogen-bond donors (Lipinski definition) is 0. The Kier molecular flexibility index (Phi) is 3.38. The van der Waals surface area contributed by atoms with Gasteiger partial charge in [0.05, 0.1) is 21.3 Å². The molecule has 0 aliphatic rings. The van der Waals surface area contributed by atoms with E-state index in [0.717, 1.165) is 0 Å². The van der Waals surface area contributed by atoms with Crippen molar-refractivity contribution < 1.29 is 24.1 Å². The van der Waals surface area contributed by atoms with Crippen molar-refractivity contribution in [2.45, 2.75) is 0 Å². The Bertz CT molecular complexity index is 347. The smallest absolute Gasteiger partial charge is 0.393 e. The molecule has 0 aliphatic carbocycles. The third-order valence-electron chi connectivity index (χ3n) is 1.92. The lowest BCUT2D eigenvalue weighted by Gasteiger charge is -2.10. The van der Waals surface area contributed by atoms with Crippen molar-refractivity contribution in [3.05, 3.63) is 17.7 Å². The Morgan fingerprint density at radius 2 is 1.47 bits per heavy atom. The number of carbonyl (C=O) groups is 1. The Labute approximate surface area is 87.2 Å². The van der Waals surface area contributed by atoms with Crippen LogP contribution in [0.2, 0.25) is 0 Å². The topological polar surface area (TPSA) is 64.7 Å². The average molecular weight is 211 g/mol. The summed E-state index contributed by atoms with van der Waals surface area (Å²) >= 11 is 0. The van der Waals surface area contributed by atoms with Crippen molar-refractivity contribution in [3.63, 3.8) is 0 Å². The van der Waals surface area contributed by atoms with Gasteiger partial charge in [0.2, 0.25) is 0 Å². The molecule has 15 heavy (non-hydrogen) atoms. The highest BCUT2D eigenvalue weighted by molar-refractivity contribution is 5.94. The summed E-state index contributed by atoms with van der Waals surface area (Å²) in [6, 6.07) is 2.90. The lowest BCUT2D eigenvalue weighted by Crippen LogP contribution is -2.03. The maximum Gasteiger partial charge on any atom is 0.393 e. The summed E-state index contributed by atoms with van der Waals surface area (Å²) in [5.41, 5.74) is -0.124. The van der Waals surface area contributed by atoms with Crippen LogP contribution in [0.1, 0.15) is 10.4 Å². The molecular formula is C10H11O5. The van der Waals surface area contributed by atoms with Gasteiger partial charge in [-0.05, 0) is 0 Å². The van der Waals surface area contributed by atoms with Gasteiger partial charge in [-0.1, -0.05) is 0 Å². The highest BCUT2D eigenvalue weighted by Gasteiger charge is 2.20. The van der Waals surface area contributed by atoms with Gasteiger partial charge in [-0.15, -0.1) is 0 Å². The van der Waals surface area contributed by atoms with Crippen molar-refractivity contribution in [1.29, 1.82) is 0 Å². The molecule has 0 unspecified atom stereocenters. The Morgan fingerprint density at radius 1 is 1.00 bits per heavy atom. The summed E-state index contributed by atoms with van der Waals surface area (Å²) in [5.74, 6) is -0.613. The van der Waals surface area contributed by atoms with Crippen LogP contribution < -0.4 is 14.2 Å². The fourth-order valence-electron chi connectivity index (χ4n) is 1.21. The Morgan fingerprint density at radius 3 is 1.73 bits per heavy atom. The van der Waals surface area contributed by atoms with Crippen molar-refractivity contribution in [2.75, 3.05) is 21.3 Å². The summed E-state index contributed by atoms with van der Waals surface area (Å²) in [5, 5.41) is 10.8. The van der Waals surface area contributed by atoms with Crippen molar-refractivity contribution in [1.82, 2.24) is 0 Å². The summed E-state index contributed by atoms with van der Waals surface area (Å²) < 4.78 is 14.8. The van der Waals surface area contributed by atoms with E-state index in [9.17, 15) is 9.90 Å². The molecule has 1 aromatic carbocycles. The van der Waals surface area contributed by atoms with Crippen molar-refractivity contribution >= 4 is 5.97 Å². The first-order valence-corrected chi connectivity index (χ1v) is 4.15. The van der Waals surface area contributed by atoms with Gasteiger partial charge in [0.1, 0.15) is 22.8 Å². The molecule has 81 valence electrons. The first-order chi connectivity index (χ1) is 7.13. The van der Waals surface area contributed by atoms with E-state index in [1.807, 2.05) is 0 Å². The minimum atomic E-state index is -1.36. The van der Waals surface area contributed by atoms with E-state index in [4.69, 9.17) is 14.2 Å². The van der Waals surface area contributed by atoms with E-state index in [-0.39, 0.29) is 17.1 Å². The highest BCUT2D eigenvalue weighted by Crippen LogP contribution is 2.33. The summed E-state index contributed by atoms with van der Waals surface area (Å²) in [7, 11) is 4.19. The largest absolute Gasteiger partial charge is 0.496 e. The third kappa shape index (κ3) is 2.12. The zero-order valence-electron chi connectivity index (χ0n) is 8.70. The molecule has 0 N–H and O–H groups in total. The maximum atomic E-state index is 10.8. The van der Waals surface area contributed by atoms with Gasteiger partial charge in [0.25, 0.3) is 0 Å². The van der Waals surface area contributed by atoms with Gasteiger partial charge in [-0.25, -0.2) is 9.90 Å². The third-order valence-corrected chi connectivity index (χ3v) is 1.92. The molecule has 0 atom stereocenters. The average Bonchev–Trinajstić information content (AvgIpc) is 2.26. The standard InChI is InChI=1S/C10H11O5/c1-13-6-4-7(14-2)9(10(11)12)8(5-6)15-3/h4-5H,1-3H3. The van der Waals surface area contributed by atoms with E-state index in [1.54, 1.807) is 0 Å². The van der Waals surface area contributed by atoms with Crippen LogP contribution >= 0.6 is 0 Å². The van der Waals surface area contributed by atoms with Crippen LogP contribution in [-0.2, 0) is 5.11 Å². The second-order valence-electron chi connectivity index (χ2n) is 2.69. The van der Waals surface area contributed by atoms with E-state index >= 15 is 0 Å². The van der Waals surface area contributed by atoms with Crippen molar-refractivity contribution in [3.8, 4) is 17.2 Å². The van der Waals surface area contributed by atoms with E-state index in [1.165, 1.54) is 33.5 Å². The lowest BCUT2D eigenvalue weighted by molar-refractivity contribution is 0.0565. The molecule has 0 aliphatic heterocycles. The van der Waals surface area contributed by atoms with E-state index in [0.29, 0.717) is 5.75 Å². The zero-order chi connectivity index (χ0) is 11.4. The van der Waals surface area contributed by atoms with Crippen LogP contribution in [0.4, 0.5) is 0 Å². The maximum absolute atomic E-state index is 10.8. The van der Waals surface area contributed by atoms with Gasteiger partial charge in [-0.3, -0.25) is 0 Å². The van der Waals surface area contributed by atoms with E-state index in [2.05, 4.69) is 0 Å². The number of methoxy groups -OCH3 is 3. The van der Waals surface area contributed by atoms with Gasteiger partial charge in [0, 0.05) is 12.1 Å². The Hall–Kier alpha value is -1.91. The molecule has 0 fully saturated rings. The molecule has 1 aromatic rings. The van der Waals surface area contributed by atoms with Crippen LogP contribution in [0.3, 0.4) is 0 Å². The first kappa shape index (κ1) is 11.2. The number of rotatable bonds is 4. The van der Waals surface area contributed by atoms with Gasteiger partial charge < -0.3 is 14.2 Å². The molecule has 0 heterocycles. The van der Waals surface area contributed by atoms with E-state index < -0.39 is 5.97 Å². The summed E-state index contributed by atoms with van der Waals surface area (Å²) in [6.45, 7) is 0. The fraction of sp³-hybridized carbons (Fsp3) is 0.300. The number of carbonyl (C=O) groups excluding carboxylic acids is 1. The highest BCUT2D eigenvalue weighted by atomic mass is 16.5. The molecular weight excluding hydrogens is 200 g/mol. The molecule has 0 amide bonds. The van der Waals surface area contributed by atoms with Crippen LogP contribution in [0.15, 0.2) is 12.1 Å². The van der Waals surface area contributed by atoms with Gasteiger partial charge in [0.15, 0.2) is 0 Å². The van der Waals surface area contributed by atoms with Crippen LogP contribution in [-0.4, -0.2) is 27.3 Å². The fourth-order valence-corrected chi connectivity index (χ4v) is 1.21. The molecule has 1 radical (unpaired) electrons. The molecule has 0 spiro atoms. The van der Waals surface area contributed by atoms with Crippen LogP contribution in [0, 0.1) is 0 Å². The molecule has 0 bridgehead atoms. The monoisotopic (exact) mass is 211 g/mol. The minimum Gasteiger partial charge on any atom is -0.496 e. The van der Waals surface area contributed by atoms with Crippen molar-refractivity contribution in [2.24, 2.45) is 0 Å². The Balaban J connectivity index is 3.39. The van der Waals surface area contributed by atoms with Gasteiger partial charge >= 0.3 is 5.97 Å². The molecule has 0 saturated carbocycles. The van der Waals surface area contributed by atoms with Crippen LogP contribution in [0.25, 0.3) is 0 Å². The van der Waals surface area contributed by atoms with Crippen LogP contribution in [0.5, 0.6) is 17.2 Å². The zero-order valence-corrected chi connectivity index (χ0v) is 8.70. The first-order valence-electron chi connectivity index (χ1n) is 4.15. The van der Waals surface area contributed by atoms with Gasteiger partial charge in [-0.2, -0.15) is 0 Å². The summed E-state index contributed by atoms with van der Waals surface area (Å²) in [6.07, 6.45) is 0. The quantitative estimate of drug-likeness (QED) is 0.752. The second-order valence-corrected chi connectivity index (χ2v) is 2.69.